The number of rotatable bonds is 3. The molecule has 2 N–H and O–H groups in total. The Balaban J connectivity index is 2.58. The van der Waals surface area contributed by atoms with Gasteiger partial charge in [0.2, 0.25) is 0 Å². The molecule has 82 valence electrons. The molecule has 0 saturated carbocycles. The van der Waals surface area contributed by atoms with Crippen molar-refractivity contribution in [1.82, 2.24) is 4.98 Å². The summed E-state index contributed by atoms with van der Waals surface area (Å²) in [5, 5.41) is 19.6. The minimum absolute atomic E-state index is 0.447. The van der Waals surface area contributed by atoms with Gasteiger partial charge in [0.15, 0.2) is 0 Å². The van der Waals surface area contributed by atoms with Crippen molar-refractivity contribution in [2.45, 2.75) is 4.90 Å². The molecule has 16 heavy (non-hydrogen) atoms. The lowest BCUT2D eigenvalue weighted by Crippen LogP contribution is -2.20. The van der Waals surface area contributed by atoms with E-state index in [1.807, 2.05) is 18.4 Å². The van der Waals surface area contributed by atoms with Crippen molar-refractivity contribution in [3.63, 3.8) is 0 Å². The summed E-state index contributed by atoms with van der Waals surface area (Å²) in [4.78, 5) is 4.89. The molecular weight excluding hydrogens is 225 g/mol. The van der Waals surface area contributed by atoms with Gasteiger partial charge in [-0.15, -0.1) is 11.8 Å². The van der Waals surface area contributed by atoms with Crippen LogP contribution in [0.15, 0.2) is 35.5 Å². The molecule has 1 heterocycles. The van der Waals surface area contributed by atoms with E-state index >= 15 is 0 Å². The lowest BCUT2D eigenvalue weighted by molar-refractivity contribution is 0.285. The van der Waals surface area contributed by atoms with Crippen LogP contribution in [0.5, 0.6) is 5.75 Å². The van der Waals surface area contributed by atoms with E-state index in [0.29, 0.717) is 5.75 Å². The minimum Gasteiger partial charge on any atom is -0.511 e. The Hall–Kier alpha value is -1.24. The zero-order valence-corrected chi connectivity index (χ0v) is 9.44. The van der Waals surface area contributed by atoms with E-state index in [2.05, 4.69) is 4.98 Å². The van der Waals surface area contributed by atoms with Crippen molar-refractivity contribution in [1.29, 1.82) is 0 Å². The molecule has 0 bridgehead atoms. The maximum atomic E-state index is 8.81. The van der Waals surface area contributed by atoms with Crippen molar-refractivity contribution >= 4 is 29.9 Å². The minimum atomic E-state index is -1.81. The molecule has 0 fully saturated rings. The Morgan fingerprint density at radius 1 is 1.31 bits per heavy atom. The summed E-state index contributed by atoms with van der Waals surface area (Å²) in [6.45, 7) is 0. The molecule has 0 aliphatic rings. The van der Waals surface area contributed by atoms with Crippen LogP contribution in [-0.2, 0) is 0 Å². The SMILES string of the molecule is CSc1c(OB(O)O)ccc2ccncc12. The van der Waals surface area contributed by atoms with Gasteiger partial charge in [0, 0.05) is 17.8 Å². The maximum absolute atomic E-state index is 8.81. The highest BCUT2D eigenvalue weighted by atomic mass is 32.2. The fourth-order valence-electron chi connectivity index (χ4n) is 1.53. The number of hydrogen-bond donors (Lipinski definition) is 2. The number of pyridine rings is 1. The van der Waals surface area contributed by atoms with Gasteiger partial charge in [-0.25, -0.2) is 0 Å². The highest BCUT2D eigenvalue weighted by Gasteiger charge is 2.15. The van der Waals surface area contributed by atoms with E-state index in [-0.39, 0.29) is 0 Å². The van der Waals surface area contributed by atoms with Gasteiger partial charge in [-0.05, 0) is 23.8 Å². The number of nitrogens with zero attached hydrogens (tertiary/aromatic N) is 1. The molecule has 0 unspecified atom stereocenters. The summed E-state index contributed by atoms with van der Waals surface area (Å²) in [7, 11) is -1.81. The van der Waals surface area contributed by atoms with Crippen molar-refractivity contribution in [3.8, 4) is 5.75 Å². The fraction of sp³-hybridized carbons (Fsp3) is 0.100. The smallest absolute Gasteiger partial charge is 0.511 e. The standard InChI is InChI=1S/C10H10BNO3S/c1-16-10-8-6-12-5-4-7(8)2-3-9(10)15-11(13)14/h2-6,13-14H,1H3. The first kappa shape index (κ1) is 11.3. The first-order chi connectivity index (χ1) is 7.72. The number of fused-ring (bicyclic) bond motifs is 1. The molecule has 4 nitrogen and oxygen atoms in total. The Morgan fingerprint density at radius 2 is 2.12 bits per heavy atom. The number of hydrogen-bond acceptors (Lipinski definition) is 5. The Morgan fingerprint density at radius 3 is 2.81 bits per heavy atom. The van der Waals surface area contributed by atoms with Crippen molar-refractivity contribution < 1.29 is 14.7 Å². The predicted molar refractivity (Wildman–Crippen MR) is 64.3 cm³/mol. The third-order valence-electron chi connectivity index (χ3n) is 2.17. The van der Waals surface area contributed by atoms with Gasteiger partial charge in [-0.3, -0.25) is 4.98 Å². The van der Waals surface area contributed by atoms with Crippen molar-refractivity contribution in [2.75, 3.05) is 6.26 Å². The summed E-state index contributed by atoms with van der Waals surface area (Å²) in [6, 6.07) is 5.47. The predicted octanol–water partition coefficient (Wildman–Crippen LogP) is 1.30. The first-order valence-corrected chi connectivity index (χ1v) is 5.88. The molecule has 0 spiro atoms. The van der Waals surface area contributed by atoms with Gasteiger partial charge >= 0.3 is 7.32 Å². The van der Waals surface area contributed by atoms with Crippen LogP contribution in [0.1, 0.15) is 0 Å². The Bertz CT molecular complexity index is 506. The topological polar surface area (TPSA) is 62.6 Å². The van der Waals surface area contributed by atoms with E-state index in [1.165, 1.54) is 11.8 Å². The first-order valence-electron chi connectivity index (χ1n) is 4.66. The van der Waals surface area contributed by atoms with Gasteiger partial charge in [0.25, 0.3) is 0 Å². The van der Waals surface area contributed by atoms with Crippen LogP contribution < -0.4 is 4.65 Å². The average Bonchev–Trinajstić information content (AvgIpc) is 2.28. The van der Waals surface area contributed by atoms with Crippen LogP contribution in [0.2, 0.25) is 0 Å². The quantitative estimate of drug-likeness (QED) is 0.620. The van der Waals surface area contributed by atoms with Gasteiger partial charge in [-0.2, -0.15) is 0 Å². The highest BCUT2D eigenvalue weighted by molar-refractivity contribution is 7.99. The second kappa shape index (κ2) is 4.73. The van der Waals surface area contributed by atoms with Crippen LogP contribution in [-0.4, -0.2) is 28.6 Å². The molecule has 0 radical (unpaired) electrons. The fourth-order valence-corrected chi connectivity index (χ4v) is 2.24. The Kier molecular flexibility index (Phi) is 3.33. The van der Waals surface area contributed by atoms with Gasteiger partial charge in [-0.1, -0.05) is 6.07 Å². The number of thioether (sulfide) groups is 1. The molecule has 0 saturated heterocycles. The van der Waals surface area contributed by atoms with E-state index in [9.17, 15) is 0 Å². The normalized spacial score (nSPS) is 10.4. The average molecular weight is 235 g/mol. The molecule has 2 rings (SSSR count). The van der Waals surface area contributed by atoms with Gasteiger partial charge < -0.3 is 14.7 Å². The maximum Gasteiger partial charge on any atom is 0.707 e. The zero-order chi connectivity index (χ0) is 11.5. The van der Waals surface area contributed by atoms with Crippen LogP contribution in [0.25, 0.3) is 10.8 Å². The number of aromatic nitrogens is 1. The van der Waals surface area contributed by atoms with Crippen LogP contribution in [0.4, 0.5) is 0 Å². The second-order valence-electron chi connectivity index (χ2n) is 3.14. The lowest BCUT2D eigenvalue weighted by atomic mass is 10.1. The largest absolute Gasteiger partial charge is 0.707 e. The summed E-state index contributed by atoms with van der Waals surface area (Å²) in [5.41, 5.74) is 0. The monoisotopic (exact) mass is 235 g/mol. The number of benzene rings is 1. The van der Waals surface area contributed by atoms with E-state index in [0.717, 1.165) is 15.7 Å². The zero-order valence-electron chi connectivity index (χ0n) is 8.62. The van der Waals surface area contributed by atoms with Crippen LogP contribution >= 0.6 is 11.8 Å². The summed E-state index contributed by atoms with van der Waals surface area (Å²) in [5.74, 6) is 0.447. The molecule has 0 atom stereocenters. The Labute approximate surface area is 97.5 Å². The van der Waals surface area contributed by atoms with Gasteiger partial charge in [0.05, 0.1) is 4.90 Å². The summed E-state index contributed by atoms with van der Waals surface area (Å²) >= 11 is 1.48. The molecule has 6 heteroatoms. The molecule has 1 aromatic heterocycles. The molecule has 2 aromatic rings. The third-order valence-corrected chi connectivity index (χ3v) is 3.00. The third kappa shape index (κ3) is 2.14. The molecule has 1 aromatic carbocycles. The molecule has 0 amide bonds. The summed E-state index contributed by atoms with van der Waals surface area (Å²) < 4.78 is 4.91. The van der Waals surface area contributed by atoms with E-state index in [4.69, 9.17) is 14.7 Å². The van der Waals surface area contributed by atoms with E-state index < -0.39 is 7.32 Å². The van der Waals surface area contributed by atoms with Crippen molar-refractivity contribution in [2.24, 2.45) is 0 Å². The van der Waals surface area contributed by atoms with Crippen LogP contribution in [0, 0.1) is 0 Å². The molecule has 0 aliphatic carbocycles. The summed E-state index contributed by atoms with van der Waals surface area (Å²) in [6.07, 6.45) is 5.35. The lowest BCUT2D eigenvalue weighted by Gasteiger charge is -2.11. The van der Waals surface area contributed by atoms with E-state index in [1.54, 1.807) is 18.5 Å². The highest BCUT2D eigenvalue weighted by Crippen LogP contribution is 2.34. The second-order valence-corrected chi connectivity index (χ2v) is 3.95. The van der Waals surface area contributed by atoms with Crippen molar-refractivity contribution in [3.05, 3.63) is 30.6 Å². The van der Waals surface area contributed by atoms with Crippen LogP contribution in [0.3, 0.4) is 0 Å². The molecule has 0 aliphatic heterocycles. The van der Waals surface area contributed by atoms with Gasteiger partial charge in [0.1, 0.15) is 5.75 Å². The molecular formula is C10H10BNO3S.